The summed E-state index contributed by atoms with van der Waals surface area (Å²) < 4.78 is 5.44. The lowest BCUT2D eigenvalue weighted by molar-refractivity contribution is -0.118. The molecule has 0 aliphatic heterocycles. The van der Waals surface area contributed by atoms with Gasteiger partial charge in [0.2, 0.25) is 0 Å². The average Bonchev–Trinajstić information content (AvgIpc) is 2.65. The van der Waals surface area contributed by atoms with Crippen LogP contribution in [0.3, 0.4) is 0 Å². The number of anilines is 3. The number of carbonyl (C=O) groups excluding carboxylic acids is 1. The minimum Gasteiger partial charge on any atom is -0.484 e. The Labute approximate surface area is 157 Å². The maximum absolute atomic E-state index is 12.0. The molecule has 0 unspecified atom stereocenters. The molecular weight excluding hydrogens is 350 g/mol. The van der Waals surface area contributed by atoms with Crippen LogP contribution in [0, 0.1) is 6.92 Å². The Bertz CT molecular complexity index is 880. The zero-order valence-electron chi connectivity index (χ0n) is 14.2. The Kier molecular flexibility index (Phi) is 5.71. The summed E-state index contributed by atoms with van der Waals surface area (Å²) in [6, 6.07) is 18.5. The summed E-state index contributed by atoms with van der Waals surface area (Å²) in [6.45, 7) is 1.91. The molecule has 6 heteroatoms. The molecule has 26 heavy (non-hydrogen) atoms. The number of hydrogen-bond donors (Lipinski definition) is 2. The summed E-state index contributed by atoms with van der Waals surface area (Å²) in [6.07, 6.45) is 1.62. The van der Waals surface area contributed by atoms with Gasteiger partial charge in [0, 0.05) is 0 Å². The second-order valence-corrected chi connectivity index (χ2v) is 6.09. The highest BCUT2D eigenvalue weighted by Crippen LogP contribution is 2.24. The lowest BCUT2D eigenvalue weighted by Crippen LogP contribution is -2.20. The van der Waals surface area contributed by atoms with Gasteiger partial charge in [-0.15, -0.1) is 0 Å². The standard InChI is InChI=1S/C20H18ClN3O2/c1-14-6-9-16(10-7-14)26-13-20(25)24-19-11-8-15(12-22-19)23-18-5-3-2-4-17(18)21/h2-12,23H,13H2,1H3,(H,22,24,25). The van der Waals surface area contributed by atoms with E-state index in [4.69, 9.17) is 16.3 Å². The fraction of sp³-hybridized carbons (Fsp3) is 0.100. The van der Waals surface area contributed by atoms with Crippen molar-refractivity contribution >= 4 is 34.7 Å². The topological polar surface area (TPSA) is 63.2 Å². The van der Waals surface area contributed by atoms with Gasteiger partial charge in [0.25, 0.3) is 5.91 Å². The van der Waals surface area contributed by atoms with Crippen molar-refractivity contribution in [2.24, 2.45) is 0 Å². The molecule has 3 rings (SSSR count). The van der Waals surface area contributed by atoms with Gasteiger partial charge in [0.15, 0.2) is 6.61 Å². The van der Waals surface area contributed by atoms with E-state index >= 15 is 0 Å². The first-order valence-corrected chi connectivity index (χ1v) is 8.45. The van der Waals surface area contributed by atoms with Crippen molar-refractivity contribution in [2.45, 2.75) is 6.92 Å². The van der Waals surface area contributed by atoms with Crippen molar-refractivity contribution < 1.29 is 9.53 Å². The highest BCUT2D eigenvalue weighted by Gasteiger charge is 2.05. The van der Waals surface area contributed by atoms with Crippen LogP contribution in [0.15, 0.2) is 66.9 Å². The smallest absolute Gasteiger partial charge is 0.263 e. The molecular formula is C20H18ClN3O2. The normalized spacial score (nSPS) is 10.2. The van der Waals surface area contributed by atoms with E-state index in [1.54, 1.807) is 18.3 Å². The summed E-state index contributed by atoms with van der Waals surface area (Å²) in [7, 11) is 0. The van der Waals surface area contributed by atoms with Gasteiger partial charge in [-0.05, 0) is 43.3 Å². The number of hydrogen-bond acceptors (Lipinski definition) is 4. The molecule has 0 aliphatic carbocycles. The number of carbonyl (C=O) groups is 1. The van der Waals surface area contributed by atoms with Crippen molar-refractivity contribution in [3.63, 3.8) is 0 Å². The molecule has 132 valence electrons. The van der Waals surface area contributed by atoms with E-state index in [0.717, 1.165) is 16.9 Å². The van der Waals surface area contributed by atoms with E-state index in [-0.39, 0.29) is 12.5 Å². The van der Waals surface area contributed by atoms with Crippen LogP contribution in [0.25, 0.3) is 0 Å². The Morgan fingerprint density at radius 2 is 1.85 bits per heavy atom. The summed E-state index contributed by atoms with van der Waals surface area (Å²) in [5, 5.41) is 6.49. The van der Waals surface area contributed by atoms with E-state index in [0.29, 0.717) is 16.6 Å². The maximum atomic E-state index is 12.0. The Balaban J connectivity index is 1.52. The van der Waals surface area contributed by atoms with Crippen LogP contribution < -0.4 is 15.4 Å². The Hall–Kier alpha value is -3.05. The molecule has 0 spiro atoms. The van der Waals surface area contributed by atoms with Gasteiger partial charge in [0.05, 0.1) is 22.6 Å². The third-order valence-electron chi connectivity index (χ3n) is 3.57. The lowest BCUT2D eigenvalue weighted by Gasteiger charge is -2.10. The summed E-state index contributed by atoms with van der Waals surface area (Å²) in [5.41, 5.74) is 2.70. The highest BCUT2D eigenvalue weighted by molar-refractivity contribution is 6.33. The first-order chi connectivity index (χ1) is 12.6. The first kappa shape index (κ1) is 17.8. The summed E-state index contributed by atoms with van der Waals surface area (Å²) in [4.78, 5) is 16.2. The van der Waals surface area contributed by atoms with Crippen LogP contribution in [0.1, 0.15) is 5.56 Å². The molecule has 0 radical (unpaired) electrons. The molecule has 0 atom stereocenters. The Morgan fingerprint density at radius 3 is 2.54 bits per heavy atom. The highest BCUT2D eigenvalue weighted by atomic mass is 35.5. The second-order valence-electron chi connectivity index (χ2n) is 5.69. The third-order valence-corrected chi connectivity index (χ3v) is 3.90. The number of pyridine rings is 1. The second kappa shape index (κ2) is 8.36. The number of ether oxygens (including phenoxy) is 1. The largest absolute Gasteiger partial charge is 0.484 e. The van der Waals surface area contributed by atoms with Crippen molar-refractivity contribution in [3.05, 3.63) is 77.4 Å². The number of para-hydroxylation sites is 1. The minimum atomic E-state index is -0.273. The van der Waals surface area contributed by atoms with Crippen LogP contribution in [0.4, 0.5) is 17.2 Å². The number of amides is 1. The number of aromatic nitrogens is 1. The fourth-order valence-electron chi connectivity index (χ4n) is 2.22. The van der Waals surface area contributed by atoms with Crippen molar-refractivity contribution in [1.82, 2.24) is 4.98 Å². The molecule has 2 N–H and O–H groups in total. The number of aryl methyl sites for hydroxylation is 1. The first-order valence-electron chi connectivity index (χ1n) is 8.07. The van der Waals surface area contributed by atoms with Gasteiger partial charge in [-0.2, -0.15) is 0 Å². The average molecular weight is 368 g/mol. The van der Waals surface area contributed by atoms with E-state index in [9.17, 15) is 4.79 Å². The summed E-state index contributed by atoms with van der Waals surface area (Å²) in [5.74, 6) is 0.829. The number of nitrogens with zero attached hydrogens (tertiary/aromatic N) is 1. The zero-order chi connectivity index (χ0) is 18.4. The van der Waals surface area contributed by atoms with Crippen molar-refractivity contribution in [1.29, 1.82) is 0 Å². The summed E-state index contributed by atoms with van der Waals surface area (Å²) >= 11 is 6.11. The Morgan fingerprint density at radius 1 is 1.08 bits per heavy atom. The molecule has 3 aromatic rings. The van der Waals surface area contributed by atoms with Crippen LogP contribution in [0.5, 0.6) is 5.75 Å². The predicted molar refractivity (Wildman–Crippen MR) is 104 cm³/mol. The number of benzene rings is 2. The van der Waals surface area contributed by atoms with Crippen LogP contribution in [-0.4, -0.2) is 17.5 Å². The number of halogens is 1. The number of rotatable bonds is 6. The third kappa shape index (κ3) is 4.97. The molecule has 0 saturated carbocycles. The molecule has 5 nitrogen and oxygen atoms in total. The molecule has 0 fully saturated rings. The van der Waals surface area contributed by atoms with Crippen LogP contribution >= 0.6 is 11.6 Å². The quantitative estimate of drug-likeness (QED) is 0.656. The van der Waals surface area contributed by atoms with E-state index < -0.39 is 0 Å². The SMILES string of the molecule is Cc1ccc(OCC(=O)Nc2ccc(Nc3ccccc3Cl)cn2)cc1. The predicted octanol–water partition coefficient (Wildman–Crippen LogP) is 4.80. The molecule has 1 aromatic heterocycles. The van der Waals surface area contributed by atoms with Gasteiger partial charge in [-0.25, -0.2) is 4.98 Å². The monoisotopic (exact) mass is 367 g/mol. The zero-order valence-corrected chi connectivity index (χ0v) is 15.0. The van der Waals surface area contributed by atoms with E-state index in [1.165, 1.54) is 0 Å². The van der Waals surface area contributed by atoms with Crippen molar-refractivity contribution in [2.75, 3.05) is 17.2 Å². The van der Waals surface area contributed by atoms with Gasteiger partial charge < -0.3 is 15.4 Å². The van der Waals surface area contributed by atoms with E-state index in [1.807, 2.05) is 55.5 Å². The molecule has 0 bridgehead atoms. The molecule has 0 aliphatic rings. The van der Waals surface area contributed by atoms with Gasteiger partial charge in [-0.3, -0.25) is 4.79 Å². The van der Waals surface area contributed by atoms with Crippen LogP contribution in [0.2, 0.25) is 5.02 Å². The van der Waals surface area contributed by atoms with Gasteiger partial charge >= 0.3 is 0 Å². The molecule has 0 saturated heterocycles. The van der Waals surface area contributed by atoms with Gasteiger partial charge in [0.1, 0.15) is 11.6 Å². The minimum absolute atomic E-state index is 0.0790. The lowest BCUT2D eigenvalue weighted by atomic mass is 10.2. The maximum Gasteiger partial charge on any atom is 0.263 e. The number of nitrogens with one attached hydrogen (secondary N) is 2. The van der Waals surface area contributed by atoms with Gasteiger partial charge in [-0.1, -0.05) is 41.4 Å². The van der Waals surface area contributed by atoms with Crippen LogP contribution in [-0.2, 0) is 4.79 Å². The molecule has 1 heterocycles. The fourth-order valence-corrected chi connectivity index (χ4v) is 2.41. The van der Waals surface area contributed by atoms with E-state index in [2.05, 4.69) is 15.6 Å². The molecule has 2 aromatic carbocycles. The molecule has 1 amide bonds. The van der Waals surface area contributed by atoms with Crippen molar-refractivity contribution in [3.8, 4) is 5.75 Å².